The van der Waals surface area contributed by atoms with Crippen LogP contribution in [-0.2, 0) is 9.59 Å². The Labute approximate surface area is 203 Å². The zero-order chi connectivity index (χ0) is 24.4. The number of pyridine rings is 1. The molecular weight excluding hydrogens is 452 g/mol. The maximum Gasteiger partial charge on any atom is 0.300 e. The molecule has 0 bridgehead atoms. The van der Waals surface area contributed by atoms with Gasteiger partial charge in [0.25, 0.3) is 11.7 Å². The fourth-order valence-electron chi connectivity index (χ4n) is 3.94. The highest BCUT2D eigenvalue weighted by atomic mass is 35.5. The molecule has 0 spiro atoms. The van der Waals surface area contributed by atoms with E-state index in [0.29, 0.717) is 40.2 Å². The molecule has 34 heavy (non-hydrogen) atoms. The molecule has 174 valence electrons. The Kier molecular flexibility index (Phi) is 6.70. The number of Topliss-reactive ketones (excluding diaryl/α,β-unsaturated/α-hetero) is 1. The van der Waals surface area contributed by atoms with Crippen LogP contribution >= 0.6 is 11.6 Å². The number of rotatable bonds is 6. The van der Waals surface area contributed by atoms with Gasteiger partial charge in [0, 0.05) is 22.5 Å². The van der Waals surface area contributed by atoms with Crippen molar-refractivity contribution in [3.63, 3.8) is 0 Å². The molecule has 1 unspecified atom stereocenters. The summed E-state index contributed by atoms with van der Waals surface area (Å²) in [5.41, 5.74) is 2.06. The number of carbonyl (C=O) groups is 2. The van der Waals surface area contributed by atoms with Gasteiger partial charge in [0.05, 0.1) is 17.9 Å². The summed E-state index contributed by atoms with van der Waals surface area (Å²) in [6.45, 7) is 6.40. The number of aliphatic hydroxyl groups is 1. The number of aryl methyl sites for hydroxylation is 1. The van der Waals surface area contributed by atoms with E-state index in [0.717, 1.165) is 5.56 Å². The number of amides is 1. The molecule has 1 atom stereocenters. The van der Waals surface area contributed by atoms with Crippen molar-refractivity contribution in [2.45, 2.75) is 26.8 Å². The van der Waals surface area contributed by atoms with Crippen molar-refractivity contribution in [2.24, 2.45) is 5.92 Å². The number of nitrogens with zero attached hydrogens (tertiary/aromatic N) is 2. The van der Waals surface area contributed by atoms with E-state index in [1.807, 2.05) is 20.8 Å². The molecule has 7 heteroatoms. The molecule has 0 aliphatic carbocycles. The molecule has 1 fully saturated rings. The summed E-state index contributed by atoms with van der Waals surface area (Å²) in [6.07, 6.45) is 1.59. The molecule has 0 saturated carbocycles. The van der Waals surface area contributed by atoms with Crippen LogP contribution in [0, 0.1) is 12.8 Å². The van der Waals surface area contributed by atoms with Gasteiger partial charge >= 0.3 is 0 Å². The summed E-state index contributed by atoms with van der Waals surface area (Å²) in [7, 11) is 0. The Morgan fingerprint density at radius 2 is 1.91 bits per heavy atom. The van der Waals surface area contributed by atoms with Crippen LogP contribution in [0.2, 0.25) is 5.02 Å². The standard InChI is InChI=1S/C27H25ClN2O4/c1-16(2)15-34-20-8-6-7-18(14-20)25(31)23-24(21-9-4-5-12-29-21)30(27(33)26(23)32)22-11-10-19(28)13-17(22)3/h4-14,16,24,31H,15H2,1-3H3/b25-23+. The summed E-state index contributed by atoms with van der Waals surface area (Å²) < 4.78 is 5.78. The first-order valence-electron chi connectivity index (χ1n) is 11.0. The smallest absolute Gasteiger partial charge is 0.300 e. The van der Waals surface area contributed by atoms with Crippen molar-refractivity contribution in [3.8, 4) is 5.75 Å². The number of anilines is 1. The van der Waals surface area contributed by atoms with E-state index in [9.17, 15) is 14.7 Å². The lowest BCUT2D eigenvalue weighted by Gasteiger charge is -2.26. The number of hydrogen-bond acceptors (Lipinski definition) is 5. The third-order valence-electron chi connectivity index (χ3n) is 5.52. The Hall–Kier alpha value is -3.64. The monoisotopic (exact) mass is 476 g/mol. The van der Waals surface area contributed by atoms with Crippen molar-refractivity contribution < 1.29 is 19.4 Å². The summed E-state index contributed by atoms with van der Waals surface area (Å²) >= 11 is 6.12. The Balaban J connectivity index is 1.87. The van der Waals surface area contributed by atoms with Crippen molar-refractivity contribution in [1.82, 2.24) is 4.98 Å². The van der Waals surface area contributed by atoms with E-state index in [1.165, 1.54) is 4.90 Å². The van der Waals surface area contributed by atoms with Crippen LogP contribution in [0.25, 0.3) is 5.76 Å². The molecule has 3 aromatic rings. The van der Waals surface area contributed by atoms with Gasteiger partial charge < -0.3 is 9.84 Å². The van der Waals surface area contributed by atoms with Gasteiger partial charge in [-0.2, -0.15) is 0 Å². The highest BCUT2D eigenvalue weighted by Gasteiger charge is 2.48. The van der Waals surface area contributed by atoms with Crippen LogP contribution in [-0.4, -0.2) is 28.4 Å². The van der Waals surface area contributed by atoms with E-state index in [1.54, 1.807) is 66.9 Å². The molecule has 0 radical (unpaired) electrons. The molecule has 4 rings (SSSR count). The van der Waals surface area contributed by atoms with E-state index < -0.39 is 17.7 Å². The van der Waals surface area contributed by atoms with Crippen molar-refractivity contribution in [1.29, 1.82) is 0 Å². The first-order chi connectivity index (χ1) is 16.3. The number of carbonyl (C=O) groups excluding carboxylic acids is 2. The summed E-state index contributed by atoms with van der Waals surface area (Å²) in [5, 5.41) is 11.8. The van der Waals surface area contributed by atoms with Crippen LogP contribution < -0.4 is 9.64 Å². The lowest BCUT2D eigenvalue weighted by molar-refractivity contribution is -0.132. The maximum atomic E-state index is 13.3. The van der Waals surface area contributed by atoms with E-state index >= 15 is 0 Å². The predicted octanol–water partition coefficient (Wildman–Crippen LogP) is 5.70. The fraction of sp³-hybridized carbons (Fsp3) is 0.222. The Bertz CT molecular complexity index is 1270. The van der Waals surface area contributed by atoms with Crippen molar-refractivity contribution in [2.75, 3.05) is 11.5 Å². The highest BCUT2D eigenvalue weighted by Crippen LogP contribution is 2.43. The fourth-order valence-corrected chi connectivity index (χ4v) is 4.17. The minimum atomic E-state index is -0.902. The quantitative estimate of drug-likeness (QED) is 0.280. The second kappa shape index (κ2) is 9.69. The number of ether oxygens (including phenoxy) is 1. The first kappa shape index (κ1) is 23.5. The van der Waals surface area contributed by atoms with Crippen molar-refractivity contribution in [3.05, 3.63) is 94.3 Å². The van der Waals surface area contributed by atoms with Gasteiger partial charge in [-0.1, -0.05) is 43.6 Å². The molecule has 1 aliphatic heterocycles. The number of benzene rings is 2. The number of aromatic nitrogens is 1. The molecule has 1 aliphatic rings. The molecule has 1 saturated heterocycles. The van der Waals surface area contributed by atoms with Gasteiger partial charge in [-0.05, 0) is 60.9 Å². The normalized spacial score (nSPS) is 17.4. The molecule has 1 N–H and O–H groups in total. The minimum Gasteiger partial charge on any atom is -0.507 e. The van der Waals surface area contributed by atoms with Gasteiger partial charge in [-0.15, -0.1) is 0 Å². The van der Waals surface area contributed by atoms with Gasteiger partial charge in [0.15, 0.2) is 0 Å². The zero-order valence-corrected chi connectivity index (χ0v) is 19.9. The van der Waals surface area contributed by atoms with E-state index in [2.05, 4.69) is 4.98 Å². The van der Waals surface area contributed by atoms with Gasteiger partial charge in [-0.25, -0.2) is 0 Å². The van der Waals surface area contributed by atoms with Crippen LogP contribution in [0.1, 0.15) is 36.7 Å². The van der Waals surface area contributed by atoms with E-state index in [-0.39, 0.29) is 11.3 Å². The lowest BCUT2D eigenvalue weighted by atomic mass is 9.98. The van der Waals surface area contributed by atoms with Crippen LogP contribution in [0.3, 0.4) is 0 Å². The van der Waals surface area contributed by atoms with Gasteiger partial charge in [0.1, 0.15) is 17.6 Å². The molecule has 6 nitrogen and oxygen atoms in total. The molecular formula is C27H25ClN2O4. The first-order valence-corrected chi connectivity index (χ1v) is 11.4. The zero-order valence-electron chi connectivity index (χ0n) is 19.2. The molecule has 1 amide bonds. The van der Waals surface area contributed by atoms with Gasteiger partial charge in [-0.3, -0.25) is 19.5 Å². The largest absolute Gasteiger partial charge is 0.507 e. The number of ketones is 1. The highest BCUT2D eigenvalue weighted by molar-refractivity contribution is 6.51. The lowest BCUT2D eigenvalue weighted by Crippen LogP contribution is -2.30. The van der Waals surface area contributed by atoms with E-state index in [4.69, 9.17) is 16.3 Å². The SMILES string of the molecule is Cc1cc(Cl)ccc1N1C(=O)C(=O)/C(=C(/O)c2cccc(OCC(C)C)c2)C1c1ccccn1. The molecule has 2 heterocycles. The minimum absolute atomic E-state index is 0.0286. The molecule has 1 aromatic heterocycles. The third kappa shape index (κ3) is 4.54. The summed E-state index contributed by atoms with van der Waals surface area (Å²) in [4.78, 5) is 32.3. The second-order valence-electron chi connectivity index (χ2n) is 8.59. The number of aliphatic hydroxyl groups excluding tert-OH is 1. The Morgan fingerprint density at radius 1 is 1.12 bits per heavy atom. The predicted molar refractivity (Wildman–Crippen MR) is 132 cm³/mol. The third-order valence-corrected chi connectivity index (χ3v) is 5.76. The summed E-state index contributed by atoms with van der Waals surface area (Å²) in [5.74, 6) is -0.909. The van der Waals surface area contributed by atoms with Crippen LogP contribution in [0.15, 0.2) is 72.4 Å². The Morgan fingerprint density at radius 3 is 2.59 bits per heavy atom. The maximum absolute atomic E-state index is 13.3. The average Bonchev–Trinajstić information content (AvgIpc) is 3.08. The van der Waals surface area contributed by atoms with Gasteiger partial charge in [0.2, 0.25) is 0 Å². The summed E-state index contributed by atoms with van der Waals surface area (Å²) in [6, 6.07) is 16.3. The van der Waals surface area contributed by atoms with Crippen LogP contribution in [0.5, 0.6) is 5.75 Å². The van der Waals surface area contributed by atoms with Crippen LogP contribution in [0.4, 0.5) is 5.69 Å². The van der Waals surface area contributed by atoms with Crippen molar-refractivity contribution >= 4 is 34.7 Å². The average molecular weight is 477 g/mol. The number of hydrogen-bond donors (Lipinski definition) is 1. The number of halogens is 1. The topological polar surface area (TPSA) is 79.7 Å². The molecule has 2 aromatic carbocycles. The second-order valence-corrected chi connectivity index (χ2v) is 9.02.